The highest BCUT2D eigenvalue weighted by atomic mass is 35.5. The van der Waals surface area contributed by atoms with Crippen molar-refractivity contribution in [2.24, 2.45) is 11.3 Å². The van der Waals surface area contributed by atoms with E-state index in [9.17, 15) is 9.59 Å². The average Bonchev–Trinajstić information content (AvgIpc) is 3.29. The van der Waals surface area contributed by atoms with E-state index in [1.54, 1.807) is 13.2 Å². The van der Waals surface area contributed by atoms with Gasteiger partial charge in [-0.05, 0) is 14.1 Å². The highest BCUT2D eigenvalue weighted by Crippen LogP contribution is 2.43. The van der Waals surface area contributed by atoms with Crippen LogP contribution in [0.4, 0.5) is 0 Å². The zero-order valence-corrected chi connectivity index (χ0v) is 17.6. The SMILES string of the molecule is COCCC(=O)N1C[C@@H]2CN(C(=O)CCc3cc(Cl)no3)C[C@]2(CN(C)C)C1. The lowest BCUT2D eigenvalue weighted by molar-refractivity contribution is -0.132. The molecule has 1 aromatic heterocycles. The molecule has 2 aliphatic heterocycles. The first kappa shape index (κ1) is 21.1. The van der Waals surface area contributed by atoms with Gasteiger partial charge >= 0.3 is 0 Å². The van der Waals surface area contributed by atoms with E-state index < -0.39 is 0 Å². The van der Waals surface area contributed by atoms with Gasteiger partial charge < -0.3 is 24.0 Å². The van der Waals surface area contributed by atoms with Crippen molar-refractivity contribution in [3.63, 3.8) is 0 Å². The first-order chi connectivity index (χ1) is 13.3. The van der Waals surface area contributed by atoms with Crippen LogP contribution in [0, 0.1) is 11.3 Å². The van der Waals surface area contributed by atoms with E-state index >= 15 is 0 Å². The topological polar surface area (TPSA) is 79.1 Å². The van der Waals surface area contributed by atoms with Gasteiger partial charge in [0, 0.05) is 70.1 Å². The minimum atomic E-state index is -0.0720. The van der Waals surface area contributed by atoms with E-state index in [0.29, 0.717) is 68.9 Å². The Hall–Kier alpha value is -1.64. The molecule has 0 radical (unpaired) electrons. The number of likely N-dealkylation sites (tertiary alicyclic amines) is 2. The molecular weight excluding hydrogens is 384 g/mol. The number of aryl methyl sites for hydroxylation is 1. The fraction of sp³-hybridized carbons (Fsp3) is 0.737. The second kappa shape index (κ2) is 8.80. The minimum absolute atomic E-state index is 0.0720. The number of aromatic nitrogens is 1. The third kappa shape index (κ3) is 4.67. The van der Waals surface area contributed by atoms with Crippen molar-refractivity contribution in [3.8, 4) is 0 Å². The predicted molar refractivity (Wildman–Crippen MR) is 104 cm³/mol. The number of methoxy groups -OCH3 is 1. The molecule has 0 aliphatic carbocycles. The Balaban J connectivity index is 1.61. The Labute approximate surface area is 170 Å². The number of hydrogen-bond donors (Lipinski definition) is 0. The van der Waals surface area contributed by atoms with Crippen molar-refractivity contribution in [2.45, 2.75) is 19.3 Å². The predicted octanol–water partition coefficient (Wildman–Crippen LogP) is 1.15. The van der Waals surface area contributed by atoms with Crippen molar-refractivity contribution in [3.05, 3.63) is 17.0 Å². The van der Waals surface area contributed by atoms with Crippen LogP contribution in [0.5, 0.6) is 0 Å². The van der Waals surface area contributed by atoms with Crippen LogP contribution in [0.25, 0.3) is 0 Å². The van der Waals surface area contributed by atoms with Crippen LogP contribution in [0.3, 0.4) is 0 Å². The number of nitrogens with zero attached hydrogens (tertiary/aromatic N) is 4. The summed E-state index contributed by atoms with van der Waals surface area (Å²) in [6.07, 6.45) is 1.26. The molecule has 0 N–H and O–H groups in total. The maximum absolute atomic E-state index is 12.8. The monoisotopic (exact) mass is 412 g/mol. The van der Waals surface area contributed by atoms with E-state index in [0.717, 1.165) is 6.54 Å². The molecule has 2 atom stereocenters. The number of amides is 2. The molecule has 2 fully saturated rings. The van der Waals surface area contributed by atoms with E-state index in [1.807, 2.05) is 23.9 Å². The number of fused-ring (bicyclic) bond motifs is 1. The molecule has 2 saturated heterocycles. The number of carbonyl (C=O) groups excluding carboxylic acids is 2. The van der Waals surface area contributed by atoms with Gasteiger partial charge in [-0.25, -0.2) is 0 Å². The highest BCUT2D eigenvalue weighted by Gasteiger charge is 2.54. The molecule has 0 saturated carbocycles. The molecule has 3 rings (SSSR count). The van der Waals surface area contributed by atoms with Gasteiger partial charge in [0.15, 0.2) is 5.15 Å². The maximum atomic E-state index is 12.8. The standard InChI is InChI=1S/C19H29ClN4O4/c1-22(2)11-19-12-23(17(25)5-4-15-8-16(20)21-28-15)9-14(19)10-24(13-19)18(26)6-7-27-3/h8,14H,4-7,9-13H2,1-3H3/t14-,19+/m0/s1. The zero-order valence-electron chi connectivity index (χ0n) is 16.8. The van der Waals surface area contributed by atoms with Crippen LogP contribution >= 0.6 is 11.6 Å². The van der Waals surface area contributed by atoms with E-state index in [4.69, 9.17) is 20.9 Å². The van der Waals surface area contributed by atoms with Crippen LogP contribution in [-0.2, 0) is 20.7 Å². The van der Waals surface area contributed by atoms with Gasteiger partial charge in [-0.15, -0.1) is 0 Å². The quantitative estimate of drug-likeness (QED) is 0.637. The number of rotatable bonds is 8. The summed E-state index contributed by atoms with van der Waals surface area (Å²) in [5.41, 5.74) is -0.0720. The lowest BCUT2D eigenvalue weighted by Gasteiger charge is -2.32. The van der Waals surface area contributed by atoms with Crippen LogP contribution in [0.2, 0.25) is 5.15 Å². The lowest BCUT2D eigenvalue weighted by Crippen LogP contribution is -2.43. The molecule has 0 unspecified atom stereocenters. The van der Waals surface area contributed by atoms with Gasteiger partial charge in [-0.3, -0.25) is 9.59 Å². The lowest BCUT2D eigenvalue weighted by atomic mass is 9.80. The van der Waals surface area contributed by atoms with E-state index in [2.05, 4.69) is 10.1 Å². The summed E-state index contributed by atoms with van der Waals surface area (Å²) in [4.78, 5) is 31.3. The summed E-state index contributed by atoms with van der Waals surface area (Å²) in [5, 5.41) is 3.95. The Kier molecular flexibility index (Phi) is 6.62. The molecule has 2 aliphatic rings. The minimum Gasteiger partial charge on any atom is -0.384 e. The third-order valence-electron chi connectivity index (χ3n) is 5.73. The summed E-state index contributed by atoms with van der Waals surface area (Å²) in [5.74, 6) is 1.16. The summed E-state index contributed by atoms with van der Waals surface area (Å²) in [7, 11) is 5.69. The van der Waals surface area contributed by atoms with Gasteiger partial charge in [0.25, 0.3) is 0 Å². The first-order valence-electron chi connectivity index (χ1n) is 9.63. The Morgan fingerprint density at radius 1 is 1.29 bits per heavy atom. The molecule has 3 heterocycles. The van der Waals surface area contributed by atoms with E-state index in [1.165, 1.54) is 0 Å². The van der Waals surface area contributed by atoms with Gasteiger partial charge in [0.2, 0.25) is 11.8 Å². The van der Waals surface area contributed by atoms with Gasteiger partial charge in [0.1, 0.15) is 5.76 Å². The second-order valence-corrected chi connectivity index (χ2v) is 8.59. The van der Waals surface area contributed by atoms with Crippen LogP contribution in [0.15, 0.2) is 10.6 Å². The molecule has 1 aromatic rings. The van der Waals surface area contributed by atoms with Gasteiger partial charge in [-0.2, -0.15) is 0 Å². The smallest absolute Gasteiger partial charge is 0.224 e. The van der Waals surface area contributed by atoms with Gasteiger partial charge in [0.05, 0.1) is 13.0 Å². The second-order valence-electron chi connectivity index (χ2n) is 8.20. The summed E-state index contributed by atoms with van der Waals surface area (Å²) in [6, 6.07) is 1.64. The van der Waals surface area contributed by atoms with Gasteiger partial charge in [-0.1, -0.05) is 16.8 Å². The first-order valence-corrected chi connectivity index (χ1v) is 10.0. The summed E-state index contributed by atoms with van der Waals surface area (Å²) < 4.78 is 10.1. The normalized spacial score (nSPS) is 24.2. The van der Waals surface area contributed by atoms with Crippen LogP contribution in [-0.4, -0.2) is 92.2 Å². The summed E-state index contributed by atoms with van der Waals surface area (Å²) in [6.45, 7) is 4.07. The van der Waals surface area contributed by atoms with Crippen molar-refractivity contribution in [1.82, 2.24) is 19.9 Å². The highest BCUT2D eigenvalue weighted by molar-refractivity contribution is 6.29. The molecule has 0 bridgehead atoms. The molecule has 2 amide bonds. The Morgan fingerprint density at radius 3 is 2.46 bits per heavy atom. The fourth-order valence-corrected chi connectivity index (χ4v) is 4.71. The molecule has 156 valence electrons. The van der Waals surface area contributed by atoms with Crippen LogP contribution < -0.4 is 0 Å². The van der Waals surface area contributed by atoms with Crippen molar-refractivity contribution >= 4 is 23.4 Å². The number of halogens is 1. The van der Waals surface area contributed by atoms with E-state index in [-0.39, 0.29) is 17.2 Å². The largest absolute Gasteiger partial charge is 0.384 e. The maximum Gasteiger partial charge on any atom is 0.224 e. The number of carbonyl (C=O) groups is 2. The molecule has 9 heteroatoms. The molecular formula is C19H29ClN4O4. The number of hydrogen-bond acceptors (Lipinski definition) is 6. The molecule has 8 nitrogen and oxygen atoms in total. The molecule has 0 aromatic carbocycles. The fourth-order valence-electron chi connectivity index (χ4n) is 4.55. The molecule has 0 spiro atoms. The zero-order chi connectivity index (χ0) is 20.3. The number of ether oxygens (including phenoxy) is 1. The third-order valence-corrected chi connectivity index (χ3v) is 5.91. The molecule has 28 heavy (non-hydrogen) atoms. The van der Waals surface area contributed by atoms with Crippen molar-refractivity contribution in [2.75, 3.05) is 60.5 Å². The Bertz CT molecular complexity index is 710. The average molecular weight is 413 g/mol. The summed E-state index contributed by atoms with van der Waals surface area (Å²) >= 11 is 5.76. The van der Waals surface area contributed by atoms with Crippen molar-refractivity contribution < 1.29 is 18.8 Å². The van der Waals surface area contributed by atoms with Crippen LogP contribution in [0.1, 0.15) is 18.6 Å². The van der Waals surface area contributed by atoms with Crippen molar-refractivity contribution in [1.29, 1.82) is 0 Å². The Morgan fingerprint density at radius 2 is 1.93 bits per heavy atom.